The molecule has 1 nitrogen and oxygen atoms in total. The zero-order chi connectivity index (χ0) is 8.53. The van der Waals surface area contributed by atoms with Crippen molar-refractivity contribution in [3.8, 4) is 0 Å². The topological polar surface area (TPSA) is 12.4 Å². The van der Waals surface area contributed by atoms with Gasteiger partial charge in [-0.2, -0.15) is 0 Å². The van der Waals surface area contributed by atoms with E-state index in [9.17, 15) is 0 Å². The first-order valence-electron chi connectivity index (χ1n) is 3.76. The van der Waals surface area contributed by atoms with Gasteiger partial charge in [-0.3, -0.25) is 4.99 Å². The van der Waals surface area contributed by atoms with Crippen molar-refractivity contribution in [3.05, 3.63) is 36.1 Å². The Kier molecular flexibility index (Phi) is 6.30. The van der Waals surface area contributed by atoms with Crippen LogP contribution in [0.5, 0.6) is 0 Å². The smallest absolute Gasteiger partial charge is 0.0330 e. The van der Waals surface area contributed by atoms with Crippen molar-refractivity contribution >= 4 is 6.21 Å². The van der Waals surface area contributed by atoms with E-state index in [-0.39, 0.29) is 0 Å². The Hall–Kier alpha value is -1.11. The summed E-state index contributed by atoms with van der Waals surface area (Å²) in [7, 11) is 0. The summed E-state index contributed by atoms with van der Waals surface area (Å²) in [5, 5.41) is 0. The first kappa shape index (κ1) is 9.89. The Balaban J connectivity index is 3.77. The molecule has 0 spiro atoms. The van der Waals surface area contributed by atoms with Gasteiger partial charge in [-0.1, -0.05) is 24.3 Å². The van der Waals surface area contributed by atoms with Crippen molar-refractivity contribution in [1.82, 2.24) is 0 Å². The molecular formula is C10H15N. The molecule has 0 heterocycles. The van der Waals surface area contributed by atoms with Crippen molar-refractivity contribution in [2.45, 2.75) is 20.8 Å². The average molecular weight is 149 g/mol. The molecule has 0 aliphatic rings. The number of aliphatic imine (C=N–C) groups is 1. The van der Waals surface area contributed by atoms with Gasteiger partial charge in [0.05, 0.1) is 0 Å². The molecule has 0 saturated carbocycles. The maximum atomic E-state index is 4.13. The predicted octanol–water partition coefficient (Wildman–Crippen LogP) is 3.11. The molecule has 0 aliphatic carbocycles. The van der Waals surface area contributed by atoms with Gasteiger partial charge < -0.3 is 0 Å². The summed E-state index contributed by atoms with van der Waals surface area (Å²) in [5.41, 5.74) is 1.04. The molecule has 0 amide bonds. The molecule has 11 heavy (non-hydrogen) atoms. The van der Waals surface area contributed by atoms with Gasteiger partial charge >= 0.3 is 0 Å². The highest BCUT2D eigenvalue weighted by Crippen LogP contribution is 1.90. The fraction of sp³-hybridized carbons (Fsp3) is 0.300. The zero-order valence-electron chi connectivity index (χ0n) is 7.41. The van der Waals surface area contributed by atoms with Gasteiger partial charge in [0, 0.05) is 11.9 Å². The SMILES string of the molecule is C\C=C/C=C\C=N\C(C)=C\C. The van der Waals surface area contributed by atoms with Crippen molar-refractivity contribution in [1.29, 1.82) is 0 Å². The standard InChI is InChI=1S/C10H15N/c1-4-6-7-8-9-11-10(3)5-2/h4-9H,1-3H3/b6-4-,8-7-,10-5+,11-9+. The van der Waals surface area contributed by atoms with Gasteiger partial charge in [-0.25, -0.2) is 0 Å². The van der Waals surface area contributed by atoms with Crippen LogP contribution < -0.4 is 0 Å². The third kappa shape index (κ3) is 6.78. The molecule has 0 aromatic heterocycles. The first-order valence-corrected chi connectivity index (χ1v) is 3.76. The second-order valence-corrected chi connectivity index (χ2v) is 2.12. The molecule has 0 bridgehead atoms. The minimum absolute atomic E-state index is 1.04. The molecule has 1 heteroatoms. The number of hydrogen-bond donors (Lipinski definition) is 0. The molecule has 0 aromatic rings. The van der Waals surface area contributed by atoms with Crippen LogP contribution in [-0.2, 0) is 0 Å². The number of allylic oxidation sites excluding steroid dienone is 6. The van der Waals surface area contributed by atoms with Crippen molar-refractivity contribution in [2.24, 2.45) is 4.99 Å². The second kappa shape index (κ2) is 7.00. The monoisotopic (exact) mass is 149 g/mol. The second-order valence-electron chi connectivity index (χ2n) is 2.12. The molecule has 60 valence electrons. The van der Waals surface area contributed by atoms with Crippen LogP contribution in [0.4, 0.5) is 0 Å². The summed E-state index contributed by atoms with van der Waals surface area (Å²) < 4.78 is 0. The van der Waals surface area contributed by atoms with E-state index in [1.165, 1.54) is 0 Å². The van der Waals surface area contributed by atoms with Gasteiger partial charge in [-0.05, 0) is 26.8 Å². The van der Waals surface area contributed by atoms with E-state index in [0.29, 0.717) is 0 Å². The van der Waals surface area contributed by atoms with E-state index < -0.39 is 0 Å². The highest BCUT2D eigenvalue weighted by atomic mass is 14.7. The number of nitrogens with zero attached hydrogens (tertiary/aromatic N) is 1. The Labute approximate surface area is 68.9 Å². The molecular weight excluding hydrogens is 134 g/mol. The zero-order valence-corrected chi connectivity index (χ0v) is 7.41. The summed E-state index contributed by atoms with van der Waals surface area (Å²) in [6, 6.07) is 0. The lowest BCUT2D eigenvalue weighted by molar-refractivity contribution is 1.30. The van der Waals surface area contributed by atoms with Crippen LogP contribution in [0.15, 0.2) is 41.1 Å². The maximum Gasteiger partial charge on any atom is 0.0330 e. The molecule has 0 saturated heterocycles. The van der Waals surface area contributed by atoms with Gasteiger partial charge in [0.15, 0.2) is 0 Å². The van der Waals surface area contributed by atoms with E-state index in [2.05, 4.69) is 4.99 Å². The van der Waals surface area contributed by atoms with Crippen molar-refractivity contribution in [3.63, 3.8) is 0 Å². The molecule has 0 radical (unpaired) electrons. The summed E-state index contributed by atoms with van der Waals surface area (Å²) in [6.07, 6.45) is 11.6. The maximum absolute atomic E-state index is 4.13. The number of rotatable bonds is 3. The Morgan fingerprint density at radius 2 is 1.82 bits per heavy atom. The fourth-order valence-corrected chi connectivity index (χ4v) is 0.460. The molecule has 0 aromatic carbocycles. The van der Waals surface area contributed by atoms with Crippen LogP contribution in [0, 0.1) is 0 Å². The highest BCUT2D eigenvalue weighted by molar-refractivity contribution is 5.72. The fourth-order valence-electron chi connectivity index (χ4n) is 0.460. The summed E-state index contributed by atoms with van der Waals surface area (Å²) in [5.74, 6) is 0. The summed E-state index contributed by atoms with van der Waals surface area (Å²) in [4.78, 5) is 4.13. The van der Waals surface area contributed by atoms with Crippen LogP contribution >= 0.6 is 0 Å². The Morgan fingerprint density at radius 1 is 1.09 bits per heavy atom. The van der Waals surface area contributed by atoms with E-state index >= 15 is 0 Å². The minimum atomic E-state index is 1.04. The first-order chi connectivity index (χ1) is 5.31. The molecule has 0 N–H and O–H groups in total. The molecule has 0 aliphatic heterocycles. The van der Waals surface area contributed by atoms with Gasteiger partial charge in [0.2, 0.25) is 0 Å². The largest absolute Gasteiger partial charge is 0.262 e. The van der Waals surface area contributed by atoms with E-state index in [4.69, 9.17) is 0 Å². The van der Waals surface area contributed by atoms with Crippen LogP contribution in [0.3, 0.4) is 0 Å². The third-order valence-corrected chi connectivity index (χ3v) is 1.20. The molecule has 0 unspecified atom stereocenters. The summed E-state index contributed by atoms with van der Waals surface area (Å²) in [6.45, 7) is 5.93. The van der Waals surface area contributed by atoms with Crippen LogP contribution in [0.2, 0.25) is 0 Å². The predicted molar refractivity (Wildman–Crippen MR) is 51.9 cm³/mol. The highest BCUT2D eigenvalue weighted by Gasteiger charge is 1.72. The quantitative estimate of drug-likeness (QED) is 0.432. The third-order valence-electron chi connectivity index (χ3n) is 1.20. The number of hydrogen-bond acceptors (Lipinski definition) is 1. The van der Waals surface area contributed by atoms with Gasteiger partial charge in [0.1, 0.15) is 0 Å². The normalized spacial score (nSPS) is 14.3. The van der Waals surface area contributed by atoms with E-state index in [1.807, 2.05) is 51.2 Å². The minimum Gasteiger partial charge on any atom is -0.262 e. The average Bonchev–Trinajstić information content (AvgIpc) is 2.04. The Bertz CT molecular complexity index is 195. The van der Waals surface area contributed by atoms with Crippen LogP contribution in [-0.4, -0.2) is 6.21 Å². The lowest BCUT2D eigenvalue weighted by atomic mass is 10.4. The van der Waals surface area contributed by atoms with Crippen molar-refractivity contribution < 1.29 is 0 Å². The van der Waals surface area contributed by atoms with Crippen LogP contribution in [0.25, 0.3) is 0 Å². The lowest BCUT2D eigenvalue weighted by Crippen LogP contribution is -1.67. The van der Waals surface area contributed by atoms with Crippen molar-refractivity contribution in [2.75, 3.05) is 0 Å². The van der Waals surface area contributed by atoms with E-state index in [0.717, 1.165) is 5.70 Å². The molecule has 0 rings (SSSR count). The molecule has 0 atom stereocenters. The van der Waals surface area contributed by atoms with E-state index in [1.54, 1.807) is 6.21 Å². The Morgan fingerprint density at radius 3 is 2.36 bits per heavy atom. The molecule has 0 fully saturated rings. The van der Waals surface area contributed by atoms with Gasteiger partial charge in [-0.15, -0.1) is 0 Å². The van der Waals surface area contributed by atoms with Crippen LogP contribution in [0.1, 0.15) is 20.8 Å². The summed E-state index contributed by atoms with van der Waals surface area (Å²) >= 11 is 0. The lowest BCUT2D eigenvalue weighted by Gasteiger charge is -1.83. The van der Waals surface area contributed by atoms with Gasteiger partial charge in [0.25, 0.3) is 0 Å².